The van der Waals surface area contributed by atoms with Gasteiger partial charge >= 0.3 is 0 Å². The quantitative estimate of drug-likeness (QED) is 0.886. The fourth-order valence-corrected chi connectivity index (χ4v) is 4.18. The highest BCUT2D eigenvalue weighted by atomic mass is 16.5. The third-order valence-electron chi connectivity index (χ3n) is 5.56. The summed E-state index contributed by atoms with van der Waals surface area (Å²) in [6.45, 7) is 2.79. The van der Waals surface area contributed by atoms with Crippen molar-refractivity contribution >= 4 is 5.91 Å². The molecule has 6 heteroatoms. The number of likely N-dealkylation sites (tertiary alicyclic amines) is 1. The molecule has 138 valence electrons. The van der Waals surface area contributed by atoms with Crippen molar-refractivity contribution in [3.05, 3.63) is 47.5 Å². The van der Waals surface area contributed by atoms with Crippen LogP contribution in [0.15, 0.2) is 30.5 Å². The van der Waals surface area contributed by atoms with Gasteiger partial charge in [0.25, 0.3) is 5.91 Å². The maximum absolute atomic E-state index is 13.1. The number of nitrogens with one attached hydrogen (secondary N) is 2. The molecule has 1 aromatic carbocycles. The monoisotopic (exact) mass is 354 g/mol. The van der Waals surface area contributed by atoms with Gasteiger partial charge in [-0.2, -0.15) is 0 Å². The Kier molecular flexibility index (Phi) is 4.93. The van der Waals surface area contributed by atoms with Crippen molar-refractivity contribution in [1.82, 2.24) is 20.2 Å². The lowest BCUT2D eigenvalue weighted by Crippen LogP contribution is -2.31. The number of methoxy groups -OCH3 is 1. The molecule has 1 atom stereocenters. The summed E-state index contributed by atoms with van der Waals surface area (Å²) < 4.78 is 5.51. The third kappa shape index (κ3) is 3.21. The van der Waals surface area contributed by atoms with E-state index in [9.17, 15) is 4.79 Å². The van der Waals surface area contributed by atoms with Crippen LogP contribution < -0.4 is 10.1 Å². The van der Waals surface area contributed by atoms with Gasteiger partial charge in [0, 0.05) is 18.0 Å². The van der Waals surface area contributed by atoms with E-state index in [0.29, 0.717) is 11.6 Å². The maximum Gasteiger partial charge on any atom is 0.272 e. The van der Waals surface area contributed by atoms with Gasteiger partial charge in [-0.15, -0.1) is 0 Å². The highest BCUT2D eigenvalue weighted by Crippen LogP contribution is 2.37. The van der Waals surface area contributed by atoms with Gasteiger partial charge in [0.15, 0.2) is 0 Å². The molecule has 0 radical (unpaired) electrons. The second kappa shape index (κ2) is 7.50. The van der Waals surface area contributed by atoms with E-state index in [0.717, 1.165) is 62.5 Å². The predicted molar refractivity (Wildman–Crippen MR) is 99.4 cm³/mol. The van der Waals surface area contributed by atoms with Gasteiger partial charge < -0.3 is 19.9 Å². The van der Waals surface area contributed by atoms with E-state index in [2.05, 4.69) is 21.4 Å². The normalized spacial score (nSPS) is 21.1. The second-order valence-corrected chi connectivity index (χ2v) is 7.10. The first kappa shape index (κ1) is 17.1. The summed E-state index contributed by atoms with van der Waals surface area (Å²) in [6.07, 6.45) is 5.80. The first-order valence-electron chi connectivity index (χ1n) is 9.47. The molecule has 2 aliphatic rings. The van der Waals surface area contributed by atoms with Crippen LogP contribution in [0.4, 0.5) is 0 Å². The number of rotatable bonds is 4. The SMILES string of the molecule is COc1ccccc1C1CCCN1C(=O)c1cnc(C2CCNCC2)[nH]1. The highest BCUT2D eigenvalue weighted by Gasteiger charge is 2.33. The summed E-state index contributed by atoms with van der Waals surface area (Å²) in [5.41, 5.74) is 1.68. The minimum absolute atomic E-state index is 0.0334. The Bertz CT molecular complexity index is 767. The number of hydrogen-bond acceptors (Lipinski definition) is 4. The summed E-state index contributed by atoms with van der Waals surface area (Å²) in [5, 5.41) is 3.36. The number of carbonyl (C=O) groups excluding carboxylic acids is 1. The van der Waals surface area contributed by atoms with Crippen LogP contribution in [0.3, 0.4) is 0 Å². The molecule has 4 rings (SSSR count). The molecule has 0 aliphatic carbocycles. The number of amides is 1. The zero-order chi connectivity index (χ0) is 17.9. The van der Waals surface area contributed by atoms with E-state index in [4.69, 9.17) is 4.74 Å². The third-order valence-corrected chi connectivity index (χ3v) is 5.56. The first-order valence-corrected chi connectivity index (χ1v) is 9.47. The lowest BCUT2D eigenvalue weighted by Gasteiger charge is -2.26. The lowest BCUT2D eigenvalue weighted by atomic mass is 9.98. The van der Waals surface area contributed by atoms with E-state index >= 15 is 0 Å². The van der Waals surface area contributed by atoms with Gasteiger partial charge in [-0.3, -0.25) is 4.79 Å². The zero-order valence-electron chi connectivity index (χ0n) is 15.2. The minimum atomic E-state index is 0.0334. The molecule has 2 aliphatic heterocycles. The van der Waals surface area contributed by atoms with Crippen molar-refractivity contribution in [1.29, 1.82) is 0 Å². The van der Waals surface area contributed by atoms with Crippen LogP contribution >= 0.6 is 0 Å². The molecule has 1 aromatic heterocycles. The topological polar surface area (TPSA) is 70.2 Å². The molecule has 6 nitrogen and oxygen atoms in total. The van der Waals surface area contributed by atoms with Crippen molar-refractivity contribution in [2.45, 2.75) is 37.6 Å². The van der Waals surface area contributed by atoms with Crippen molar-refractivity contribution in [2.75, 3.05) is 26.7 Å². The molecule has 1 amide bonds. The number of nitrogens with zero attached hydrogens (tertiary/aromatic N) is 2. The molecule has 2 N–H and O–H groups in total. The summed E-state index contributed by atoms with van der Waals surface area (Å²) in [4.78, 5) is 22.9. The van der Waals surface area contributed by atoms with E-state index in [1.165, 1.54) is 0 Å². The predicted octanol–water partition coefficient (Wildman–Crippen LogP) is 2.86. The van der Waals surface area contributed by atoms with Crippen LogP contribution in [-0.2, 0) is 0 Å². The van der Waals surface area contributed by atoms with Crippen LogP contribution in [0, 0.1) is 0 Å². The van der Waals surface area contributed by atoms with Gasteiger partial charge in [0.05, 0.1) is 19.3 Å². The number of aromatic nitrogens is 2. The van der Waals surface area contributed by atoms with Gasteiger partial charge in [-0.05, 0) is 44.8 Å². The highest BCUT2D eigenvalue weighted by molar-refractivity contribution is 5.92. The molecule has 1 unspecified atom stereocenters. The number of imidazole rings is 1. The number of para-hydroxylation sites is 1. The van der Waals surface area contributed by atoms with Gasteiger partial charge in [-0.1, -0.05) is 18.2 Å². The summed E-state index contributed by atoms with van der Waals surface area (Å²) in [6, 6.07) is 8.04. The minimum Gasteiger partial charge on any atom is -0.496 e. The first-order chi connectivity index (χ1) is 12.8. The van der Waals surface area contributed by atoms with E-state index in [1.54, 1.807) is 13.3 Å². The Labute approximate surface area is 154 Å². The Morgan fingerprint density at radius 1 is 1.23 bits per heavy atom. The van der Waals surface area contributed by atoms with Gasteiger partial charge in [0.1, 0.15) is 17.3 Å². The number of hydrogen-bond donors (Lipinski definition) is 2. The Hall–Kier alpha value is -2.34. The number of benzene rings is 1. The zero-order valence-corrected chi connectivity index (χ0v) is 15.2. The molecule has 26 heavy (non-hydrogen) atoms. The molecule has 2 saturated heterocycles. The number of piperidine rings is 1. The van der Waals surface area contributed by atoms with E-state index in [-0.39, 0.29) is 11.9 Å². The largest absolute Gasteiger partial charge is 0.496 e. The van der Waals surface area contributed by atoms with Gasteiger partial charge in [-0.25, -0.2) is 4.98 Å². The van der Waals surface area contributed by atoms with E-state index in [1.807, 2.05) is 23.1 Å². The lowest BCUT2D eigenvalue weighted by molar-refractivity contribution is 0.0728. The van der Waals surface area contributed by atoms with Crippen LogP contribution in [0.25, 0.3) is 0 Å². The average Bonchev–Trinajstić information content (AvgIpc) is 3.38. The van der Waals surface area contributed by atoms with Crippen molar-refractivity contribution in [3.8, 4) is 5.75 Å². The molecular formula is C20H26N4O2. The molecule has 0 spiro atoms. The van der Waals surface area contributed by atoms with Crippen LogP contribution in [-0.4, -0.2) is 47.5 Å². The fraction of sp³-hybridized carbons (Fsp3) is 0.500. The Morgan fingerprint density at radius 2 is 2.04 bits per heavy atom. The molecular weight excluding hydrogens is 328 g/mol. The summed E-state index contributed by atoms with van der Waals surface area (Å²) >= 11 is 0. The Balaban J connectivity index is 1.54. The molecule has 0 bridgehead atoms. The fourth-order valence-electron chi connectivity index (χ4n) is 4.18. The van der Waals surface area contributed by atoms with Crippen molar-refractivity contribution < 1.29 is 9.53 Å². The summed E-state index contributed by atoms with van der Waals surface area (Å²) in [5.74, 6) is 2.24. The maximum atomic E-state index is 13.1. The van der Waals surface area contributed by atoms with Crippen LogP contribution in [0.2, 0.25) is 0 Å². The molecule has 2 aromatic rings. The Morgan fingerprint density at radius 3 is 2.85 bits per heavy atom. The van der Waals surface area contributed by atoms with Crippen molar-refractivity contribution in [3.63, 3.8) is 0 Å². The number of carbonyl (C=O) groups is 1. The molecule has 0 saturated carbocycles. The average molecular weight is 354 g/mol. The standard InChI is InChI=1S/C20H26N4O2/c1-26-18-7-3-2-5-15(18)17-6-4-12-24(17)20(25)16-13-22-19(23-16)14-8-10-21-11-9-14/h2-3,5,7,13-14,17,21H,4,6,8-12H2,1H3,(H,22,23). The second-order valence-electron chi connectivity index (χ2n) is 7.10. The summed E-state index contributed by atoms with van der Waals surface area (Å²) in [7, 11) is 1.68. The van der Waals surface area contributed by atoms with E-state index < -0.39 is 0 Å². The van der Waals surface area contributed by atoms with Crippen LogP contribution in [0.5, 0.6) is 5.75 Å². The smallest absolute Gasteiger partial charge is 0.272 e. The molecule has 3 heterocycles. The number of H-pyrrole nitrogens is 1. The molecule has 2 fully saturated rings. The van der Waals surface area contributed by atoms with Gasteiger partial charge in [0.2, 0.25) is 0 Å². The number of aromatic amines is 1. The van der Waals surface area contributed by atoms with Crippen molar-refractivity contribution in [2.24, 2.45) is 0 Å². The number of ether oxygens (including phenoxy) is 1. The van der Waals surface area contributed by atoms with Crippen LogP contribution in [0.1, 0.15) is 59.5 Å².